The maximum absolute atomic E-state index is 11.6. The molecule has 1 aromatic heterocycles. The van der Waals surface area contributed by atoms with Crippen molar-refractivity contribution in [1.29, 1.82) is 0 Å². The Morgan fingerprint density at radius 1 is 1.60 bits per heavy atom. The molecule has 0 aliphatic carbocycles. The van der Waals surface area contributed by atoms with E-state index in [9.17, 15) is 9.00 Å². The van der Waals surface area contributed by atoms with E-state index in [4.69, 9.17) is 0 Å². The van der Waals surface area contributed by atoms with Gasteiger partial charge in [-0.15, -0.1) is 11.3 Å². The predicted molar refractivity (Wildman–Crippen MR) is 71.0 cm³/mol. The van der Waals surface area contributed by atoms with Crippen LogP contribution in [0.2, 0.25) is 0 Å². The molecule has 0 bridgehead atoms. The Hall–Kier alpha value is 0.280. The molecule has 1 amide bonds. The van der Waals surface area contributed by atoms with Crippen LogP contribution in [0.3, 0.4) is 0 Å². The fraction of sp³-hybridized carbons (Fsp3) is 0.375. The zero-order valence-electron chi connectivity index (χ0n) is 7.88. The highest BCUT2D eigenvalue weighted by molar-refractivity contribution is 9.13. The van der Waals surface area contributed by atoms with Gasteiger partial charge in [-0.05, 0) is 37.9 Å². The third-order valence-electron chi connectivity index (χ3n) is 1.54. The fourth-order valence-electron chi connectivity index (χ4n) is 0.854. The van der Waals surface area contributed by atoms with Crippen molar-refractivity contribution in [2.75, 3.05) is 18.6 Å². The Bertz CT molecular complexity index is 372. The lowest BCUT2D eigenvalue weighted by Crippen LogP contribution is -2.26. The molecule has 7 heteroatoms. The second-order valence-corrected chi connectivity index (χ2v) is 7.54. The molecule has 0 aliphatic rings. The molecule has 0 saturated carbocycles. The maximum atomic E-state index is 11.6. The van der Waals surface area contributed by atoms with Crippen LogP contribution in [-0.2, 0) is 10.8 Å². The molecule has 1 unspecified atom stereocenters. The van der Waals surface area contributed by atoms with Gasteiger partial charge in [0, 0.05) is 33.8 Å². The third kappa shape index (κ3) is 4.34. The van der Waals surface area contributed by atoms with E-state index in [1.165, 1.54) is 11.3 Å². The van der Waals surface area contributed by atoms with Crippen LogP contribution in [0.15, 0.2) is 14.3 Å². The second kappa shape index (κ2) is 6.12. The summed E-state index contributed by atoms with van der Waals surface area (Å²) in [6, 6.07) is 1.76. The van der Waals surface area contributed by atoms with Gasteiger partial charge in [0.1, 0.15) is 0 Å². The molecule has 0 fully saturated rings. The number of rotatable bonds is 4. The topological polar surface area (TPSA) is 46.2 Å². The normalized spacial score (nSPS) is 12.5. The van der Waals surface area contributed by atoms with E-state index < -0.39 is 10.8 Å². The van der Waals surface area contributed by atoms with Crippen LogP contribution in [0.1, 0.15) is 9.67 Å². The van der Waals surface area contributed by atoms with Crippen LogP contribution in [0.4, 0.5) is 0 Å². The quantitative estimate of drug-likeness (QED) is 0.879. The van der Waals surface area contributed by atoms with Crippen molar-refractivity contribution in [3.05, 3.63) is 19.2 Å². The summed E-state index contributed by atoms with van der Waals surface area (Å²) in [7, 11) is -0.867. The molecule has 0 aliphatic heterocycles. The minimum Gasteiger partial charge on any atom is -0.350 e. The summed E-state index contributed by atoms with van der Waals surface area (Å²) < 4.78 is 12.5. The van der Waals surface area contributed by atoms with Gasteiger partial charge in [0.25, 0.3) is 5.91 Å². The monoisotopic (exact) mass is 373 g/mol. The van der Waals surface area contributed by atoms with Gasteiger partial charge in [0.05, 0.1) is 8.66 Å². The zero-order chi connectivity index (χ0) is 11.4. The minimum absolute atomic E-state index is 0.128. The first-order valence-corrected chi connectivity index (χ1v) is 8.16. The first-order valence-electron chi connectivity index (χ1n) is 4.03. The number of amides is 1. The molecule has 1 aromatic rings. The van der Waals surface area contributed by atoms with E-state index in [0.29, 0.717) is 17.2 Å². The number of carbonyl (C=O) groups is 1. The first kappa shape index (κ1) is 13.3. The lowest BCUT2D eigenvalue weighted by Gasteiger charge is -2.00. The Kier molecular flexibility index (Phi) is 5.45. The summed E-state index contributed by atoms with van der Waals surface area (Å²) in [5.41, 5.74) is 0. The molecular weight excluding hydrogens is 366 g/mol. The van der Waals surface area contributed by atoms with E-state index >= 15 is 0 Å². The largest absolute Gasteiger partial charge is 0.350 e. The SMILES string of the molecule is CS(=O)CCNC(=O)c1cc(Br)c(Br)s1. The summed E-state index contributed by atoms with van der Waals surface area (Å²) in [5, 5.41) is 2.71. The standard InChI is InChI=1S/C8H9Br2NO2S2/c1-15(13)3-2-11-8(12)6-4-5(9)7(10)14-6/h4H,2-3H2,1H3,(H,11,12). The van der Waals surface area contributed by atoms with Gasteiger partial charge in [0.2, 0.25) is 0 Å². The molecule has 15 heavy (non-hydrogen) atoms. The van der Waals surface area contributed by atoms with Crippen LogP contribution in [0.5, 0.6) is 0 Å². The highest BCUT2D eigenvalue weighted by Crippen LogP contribution is 2.32. The van der Waals surface area contributed by atoms with Gasteiger partial charge in [-0.1, -0.05) is 0 Å². The number of halogens is 2. The van der Waals surface area contributed by atoms with Crippen molar-refractivity contribution >= 4 is 59.9 Å². The molecule has 1 rings (SSSR count). The van der Waals surface area contributed by atoms with Gasteiger partial charge in [-0.3, -0.25) is 9.00 Å². The molecule has 0 spiro atoms. The van der Waals surface area contributed by atoms with Gasteiger partial charge >= 0.3 is 0 Å². The van der Waals surface area contributed by atoms with Crippen LogP contribution >= 0.6 is 43.2 Å². The molecule has 0 saturated heterocycles. The number of thiophene rings is 1. The summed E-state index contributed by atoms with van der Waals surface area (Å²) in [5.74, 6) is 0.358. The van der Waals surface area contributed by atoms with E-state index in [2.05, 4.69) is 37.2 Å². The van der Waals surface area contributed by atoms with Gasteiger partial charge < -0.3 is 5.32 Å². The van der Waals surface area contributed by atoms with E-state index in [-0.39, 0.29) is 5.91 Å². The Balaban J connectivity index is 2.50. The summed E-state index contributed by atoms with van der Waals surface area (Å²) in [4.78, 5) is 12.2. The van der Waals surface area contributed by atoms with Crippen molar-refractivity contribution in [2.24, 2.45) is 0 Å². The Morgan fingerprint density at radius 3 is 2.73 bits per heavy atom. The van der Waals surface area contributed by atoms with Crippen LogP contribution in [0.25, 0.3) is 0 Å². The number of hydrogen-bond donors (Lipinski definition) is 1. The first-order chi connectivity index (χ1) is 7.00. The summed E-state index contributed by atoms with van der Waals surface area (Å²) >= 11 is 7.99. The number of nitrogens with one attached hydrogen (secondary N) is 1. The molecule has 84 valence electrons. The van der Waals surface area contributed by atoms with E-state index in [1.807, 2.05) is 0 Å². The molecule has 1 heterocycles. The average Bonchev–Trinajstić information content (AvgIpc) is 2.46. The van der Waals surface area contributed by atoms with Gasteiger partial charge in [-0.2, -0.15) is 0 Å². The lowest BCUT2D eigenvalue weighted by atomic mass is 10.4. The molecule has 1 atom stereocenters. The zero-order valence-corrected chi connectivity index (χ0v) is 12.7. The van der Waals surface area contributed by atoms with Gasteiger partial charge in [-0.25, -0.2) is 0 Å². The highest BCUT2D eigenvalue weighted by atomic mass is 79.9. The average molecular weight is 375 g/mol. The fourth-order valence-corrected chi connectivity index (χ4v) is 3.20. The van der Waals surface area contributed by atoms with Crippen molar-refractivity contribution < 1.29 is 9.00 Å². The predicted octanol–water partition coefficient (Wildman–Crippen LogP) is 2.38. The summed E-state index contributed by atoms with van der Waals surface area (Å²) in [6.45, 7) is 0.440. The molecule has 3 nitrogen and oxygen atoms in total. The van der Waals surface area contributed by atoms with Crippen LogP contribution in [-0.4, -0.2) is 28.7 Å². The van der Waals surface area contributed by atoms with Crippen molar-refractivity contribution in [1.82, 2.24) is 5.32 Å². The third-order valence-corrected chi connectivity index (χ3v) is 5.58. The van der Waals surface area contributed by atoms with E-state index in [1.54, 1.807) is 12.3 Å². The van der Waals surface area contributed by atoms with E-state index in [0.717, 1.165) is 8.26 Å². The van der Waals surface area contributed by atoms with Crippen LogP contribution in [0, 0.1) is 0 Å². The molecule has 0 aromatic carbocycles. The second-order valence-electron chi connectivity index (χ2n) is 2.77. The Labute approximate surface area is 111 Å². The minimum atomic E-state index is -0.867. The van der Waals surface area contributed by atoms with Gasteiger partial charge in [0.15, 0.2) is 0 Å². The lowest BCUT2D eigenvalue weighted by molar-refractivity contribution is 0.0960. The number of carbonyl (C=O) groups excluding carboxylic acids is 1. The summed E-state index contributed by atoms with van der Waals surface area (Å²) in [6.07, 6.45) is 1.62. The van der Waals surface area contributed by atoms with Crippen molar-refractivity contribution in [3.63, 3.8) is 0 Å². The number of hydrogen-bond acceptors (Lipinski definition) is 3. The molecular formula is C8H9Br2NO2S2. The Morgan fingerprint density at radius 2 is 2.27 bits per heavy atom. The molecule has 0 radical (unpaired) electrons. The van der Waals surface area contributed by atoms with Crippen molar-refractivity contribution in [2.45, 2.75) is 0 Å². The maximum Gasteiger partial charge on any atom is 0.261 e. The van der Waals surface area contributed by atoms with Crippen LogP contribution < -0.4 is 5.32 Å². The molecule has 1 N–H and O–H groups in total. The van der Waals surface area contributed by atoms with Crippen molar-refractivity contribution in [3.8, 4) is 0 Å². The highest BCUT2D eigenvalue weighted by Gasteiger charge is 2.11. The smallest absolute Gasteiger partial charge is 0.261 e.